The molecule has 1 aromatic carbocycles. The molecule has 0 atom stereocenters. The first kappa shape index (κ1) is 15.9. The number of carboxylic acid groups (broad SMARTS) is 1. The molecular weight excluding hydrogens is 263 g/mol. The third-order valence-corrected chi connectivity index (χ3v) is 3.23. The van der Waals surface area contributed by atoms with Gasteiger partial charge in [0, 0.05) is 19.3 Å². The van der Waals surface area contributed by atoms with Crippen LogP contribution >= 0.6 is 0 Å². The quantitative estimate of drug-likeness (QED) is 0.923. The summed E-state index contributed by atoms with van der Waals surface area (Å²) in [4.78, 5) is 26.1. The number of benzene rings is 1. The first-order valence-corrected chi connectivity index (χ1v) is 6.26. The number of hydrogen-bond acceptors (Lipinski definition) is 2. The summed E-state index contributed by atoms with van der Waals surface area (Å²) in [5.41, 5.74) is -0.970. The Morgan fingerprint density at radius 2 is 1.95 bits per heavy atom. The Morgan fingerprint density at radius 3 is 2.40 bits per heavy atom. The van der Waals surface area contributed by atoms with Crippen molar-refractivity contribution >= 4 is 17.7 Å². The molecule has 5 nitrogen and oxygen atoms in total. The molecule has 0 saturated heterocycles. The Bertz CT molecular complexity index is 517. The lowest BCUT2D eigenvalue weighted by Gasteiger charge is -2.36. The fourth-order valence-electron chi connectivity index (χ4n) is 1.86. The van der Waals surface area contributed by atoms with E-state index in [1.807, 2.05) is 0 Å². The number of rotatable bonds is 4. The van der Waals surface area contributed by atoms with E-state index in [1.54, 1.807) is 13.0 Å². The van der Waals surface area contributed by atoms with Crippen molar-refractivity contribution in [3.8, 4) is 0 Å². The molecule has 1 aromatic rings. The number of amides is 2. The van der Waals surface area contributed by atoms with Gasteiger partial charge in [-0.3, -0.25) is 4.90 Å². The van der Waals surface area contributed by atoms with Gasteiger partial charge < -0.3 is 10.0 Å². The summed E-state index contributed by atoms with van der Waals surface area (Å²) in [5, 5.41) is 9.22. The molecule has 0 saturated carbocycles. The number of aliphatic carboxylic acids is 1. The highest BCUT2D eigenvalue weighted by atomic mass is 19.1. The van der Waals surface area contributed by atoms with Crippen molar-refractivity contribution in [1.82, 2.24) is 4.90 Å². The van der Waals surface area contributed by atoms with Crippen LogP contribution in [0.25, 0.3) is 0 Å². The van der Waals surface area contributed by atoms with Crippen molar-refractivity contribution in [3.05, 3.63) is 30.1 Å². The summed E-state index contributed by atoms with van der Waals surface area (Å²) in [7, 11) is 1.48. The van der Waals surface area contributed by atoms with Crippen molar-refractivity contribution in [2.45, 2.75) is 26.3 Å². The van der Waals surface area contributed by atoms with Crippen LogP contribution in [0.5, 0.6) is 0 Å². The number of carbonyl (C=O) groups is 2. The van der Waals surface area contributed by atoms with Crippen LogP contribution in [-0.4, -0.2) is 41.1 Å². The maximum Gasteiger partial charge on any atom is 0.329 e. The van der Waals surface area contributed by atoms with Crippen molar-refractivity contribution in [2.24, 2.45) is 0 Å². The van der Waals surface area contributed by atoms with E-state index in [1.165, 1.54) is 48.9 Å². The van der Waals surface area contributed by atoms with E-state index in [4.69, 9.17) is 0 Å². The molecule has 1 rings (SSSR count). The van der Waals surface area contributed by atoms with E-state index in [2.05, 4.69) is 0 Å². The summed E-state index contributed by atoms with van der Waals surface area (Å²) in [6.07, 6.45) is 0. The van der Waals surface area contributed by atoms with Gasteiger partial charge in [-0.2, -0.15) is 0 Å². The number of hydrogen-bond donors (Lipinski definition) is 1. The Kier molecular flexibility index (Phi) is 4.70. The Labute approximate surface area is 117 Å². The Balaban J connectivity index is 3.06. The molecule has 0 radical (unpaired) electrons. The monoisotopic (exact) mass is 282 g/mol. The number of urea groups is 1. The third-order valence-electron chi connectivity index (χ3n) is 3.23. The summed E-state index contributed by atoms with van der Waals surface area (Å²) in [5.74, 6) is -1.55. The minimum Gasteiger partial charge on any atom is -0.480 e. The number of nitrogens with zero attached hydrogens (tertiary/aromatic N) is 2. The highest BCUT2D eigenvalue weighted by molar-refractivity contribution is 5.95. The summed E-state index contributed by atoms with van der Waals surface area (Å²) < 4.78 is 13.2. The van der Waals surface area contributed by atoms with Crippen LogP contribution in [0.15, 0.2) is 24.3 Å². The predicted octanol–water partition coefficient (Wildman–Crippen LogP) is 2.57. The molecule has 0 aliphatic rings. The zero-order chi connectivity index (χ0) is 15.5. The SMILES string of the molecule is CCN(C(=O)N(C)c1cccc(F)c1)C(C)(C)C(=O)O. The van der Waals surface area contributed by atoms with Gasteiger partial charge in [-0.05, 0) is 39.0 Å². The highest BCUT2D eigenvalue weighted by Crippen LogP contribution is 2.21. The highest BCUT2D eigenvalue weighted by Gasteiger charge is 2.38. The van der Waals surface area contributed by atoms with E-state index < -0.39 is 23.4 Å². The van der Waals surface area contributed by atoms with Crippen molar-refractivity contribution in [1.29, 1.82) is 0 Å². The maximum absolute atomic E-state index is 13.2. The molecule has 0 heterocycles. The molecule has 0 bridgehead atoms. The standard InChI is InChI=1S/C14H19FN2O3/c1-5-17(14(2,3)12(18)19)13(20)16(4)11-8-6-7-10(15)9-11/h6-9H,5H2,1-4H3,(H,18,19). The van der Waals surface area contributed by atoms with Crippen LogP contribution in [0.3, 0.4) is 0 Å². The zero-order valence-corrected chi connectivity index (χ0v) is 12.1. The van der Waals surface area contributed by atoms with Gasteiger partial charge in [0.15, 0.2) is 0 Å². The average molecular weight is 282 g/mol. The van der Waals surface area contributed by atoms with E-state index in [0.29, 0.717) is 5.69 Å². The van der Waals surface area contributed by atoms with Gasteiger partial charge >= 0.3 is 12.0 Å². The van der Waals surface area contributed by atoms with E-state index in [0.717, 1.165) is 0 Å². The topological polar surface area (TPSA) is 60.9 Å². The van der Waals surface area contributed by atoms with Gasteiger partial charge in [-0.15, -0.1) is 0 Å². The van der Waals surface area contributed by atoms with Gasteiger partial charge in [0.1, 0.15) is 11.4 Å². The van der Waals surface area contributed by atoms with Crippen molar-refractivity contribution in [3.63, 3.8) is 0 Å². The van der Waals surface area contributed by atoms with Crippen LogP contribution in [0.2, 0.25) is 0 Å². The lowest BCUT2D eigenvalue weighted by atomic mass is 10.0. The van der Waals surface area contributed by atoms with E-state index >= 15 is 0 Å². The van der Waals surface area contributed by atoms with Gasteiger partial charge in [-0.1, -0.05) is 6.07 Å². The predicted molar refractivity (Wildman–Crippen MR) is 74.3 cm³/mol. The van der Waals surface area contributed by atoms with Crippen LogP contribution in [0, 0.1) is 5.82 Å². The minimum absolute atomic E-state index is 0.234. The Morgan fingerprint density at radius 1 is 1.35 bits per heavy atom. The van der Waals surface area contributed by atoms with Gasteiger partial charge in [-0.25, -0.2) is 14.0 Å². The lowest BCUT2D eigenvalue weighted by molar-refractivity contribution is -0.147. The number of anilines is 1. The number of carbonyl (C=O) groups excluding carboxylic acids is 1. The minimum atomic E-state index is -1.34. The van der Waals surface area contributed by atoms with Gasteiger partial charge in [0.25, 0.3) is 0 Å². The average Bonchev–Trinajstić information content (AvgIpc) is 2.38. The fraction of sp³-hybridized carbons (Fsp3) is 0.429. The van der Waals surface area contributed by atoms with Gasteiger partial charge in [0.05, 0.1) is 0 Å². The molecule has 0 aromatic heterocycles. The number of likely N-dealkylation sites (N-methyl/N-ethyl adjacent to an activating group) is 1. The molecule has 0 fully saturated rings. The summed E-state index contributed by atoms with van der Waals surface area (Å²) >= 11 is 0. The fourth-order valence-corrected chi connectivity index (χ4v) is 1.86. The zero-order valence-electron chi connectivity index (χ0n) is 12.1. The molecular formula is C14H19FN2O3. The smallest absolute Gasteiger partial charge is 0.329 e. The maximum atomic E-state index is 13.2. The first-order chi connectivity index (χ1) is 9.21. The van der Waals surface area contributed by atoms with Crippen LogP contribution in [-0.2, 0) is 4.79 Å². The van der Waals surface area contributed by atoms with Crippen molar-refractivity contribution in [2.75, 3.05) is 18.5 Å². The van der Waals surface area contributed by atoms with Crippen LogP contribution in [0.1, 0.15) is 20.8 Å². The second-order valence-electron chi connectivity index (χ2n) is 4.93. The second-order valence-corrected chi connectivity index (χ2v) is 4.93. The molecule has 2 amide bonds. The van der Waals surface area contributed by atoms with Crippen LogP contribution < -0.4 is 4.90 Å². The third kappa shape index (κ3) is 3.07. The largest absolute Gasteiger partial charge is 0.480 e. The number of carboxylic acids is 1. The molecule has 1 N–H and O–H groups in total. The summed E-state index contributed by atoms with van der Waals surface area (Å²) in [6, 6.07) is 5.08. The van der Waals surface area contributed by atoms with E-state index in [9.17, 15) is 19.1 Å². The normalized spacial score (nSPS) is 11.1. The van der Waals surface area contributed by atoms with E-state index in [-0.39, 0.29) is 6.54 Å². The number of halogens is 1. The summed E-state index contributed by atoms with van der Waals surface area (Å²) in [6.45, 7) is 4.84. The first-order valence-electron chi connectivity index (χ1n) is 6.26. The molecule has 0 aliphatic heterocycles. The Hall–Kier alpha value is -2.11. The van der Waals surface area contributed by atoms with Crippen molar-refractivity contribution < 1.29 is 19.1 Å². The van der Waals surface area contributed by atoms with Crippen LogP contribution in [0.4, 0.5) is 14.9 Å². The molecule has 6 heteroatoms. The molecule has 0 aliphatic carbocycles. The molecule has 20 heavy (non-hydrogen) atoms. The lowest BCUT2D eigenvalue weighted by Crippen LogP contribution is -2.56. The molecule has 0 spiro atoms. The molecule has 110 valence electrons. The molecule has 0 unspecified atom stereocenters. The second kappa shape index (κ2) is 5.90. The van der Waals surface area contributed by atoms with Gasteiger partial charge in [0.2, 0.25) is 0 Å².